The van der Waals surface area contributed by atoms with Crippen molar-refractivity contribution in [3.63, 3.8) is 0 Å². The maximum Gasteiger partial charge on any atom is 0.321 e. The van der Waals surface area contributed by atoms with Crippen LogP contribution in [-0.2, 0) is 4.79 Å². The molecule has 0 rings (SSSR count). The minimum absolute atomic E-state index is 0. The Labute approximate surface area is 85.6 Å². The zero-order valence-electron chi connectivity index (χ0n) is 6.43. The molecule has 0 radical (unpaired) electrons. The number of carboxylic acid groups (broad SMARTS) is 1. The predicted octanol–water partition coefficient (Wildman–Crippen LogP) is 0.160. The van der Waals surface area contributed by atoms with E-state index in [0.29, 0.717) is 12.3 Å². The molecular weight excluding hydrogens is 220 g/mol. The van der Waals surface area contributed by atoms with Crippen molar-refractivity contribution in [3.05, 3.63) is 0 Å². The third-order valence-electron chi connectivity index (χ3n) is 0.849. The van der Waals surface area contributed by atoms with Crippen LogP contribution in [0.3, 0.4) is 0 Å². The standard InChI is InChI=1S/C5H12N2O2S2.ClH/c6-1-2-10-11-3-4(7)5(8)9;/h4H,1-3,6-7H2,(H,8,9);1H/t4-;/m0./s1. The van der Waals surface area contributed by atoms with Crippen LogP contribution in [0, 0.1) is 0 Å². The van der Waals surface area contributed by atoms with Crippen LogP contribution in [0.4, 0.5) is 0 Å². The van der Waals surface area contributed by atoms with E-state index >= 15 is 0 Å². The lowest BCUT2D eigenvalue weighted by Gasteiger charge is -2.03. The van der Waals surface area contributed by atoms with Crippen LogP contribution in [0.25, 0.3) is 0 Å². The Hall–Kier alpha value is 0.380. The molecule has 0 aromatic heterocycles. The number of rotatable bonds is 6. The second kappa shape index (κ2) is 9.47. The molecule has 0 aliphatic carbocycles. The van der Waals surface area contributed by atoms with Crippen LogP contribution in [-0.4, -0.2) is 35.2 Å². The van der Waals surface area contributed by atoms with Gasteiger partial charge in [0.25, 0.3) is 0 Å². The summed E-state index contributed by atoms with van der Waals surface area (Å²) < 4.78 is 0. The summed E-state index contributed by atoms with van der Waals surface area (Å²) in [6.45, 7) is 0.611. The normalized spacial score (nSPS) is 11.8. The van der Waals surface area contributed by atoms with E-state index in [1.807, 2.05) is 0 Å². The van der Waals surface area contributed by atoms with Crippen molar-refractivity contribution in [2.75, 3.05) is 18.1 Å². The van der Waals surface area contributed by atoms with Crippen molar-refractivity contribution in [1.29, 1.82) is 0 Å². The SMILES string of the molecule is Cl.NCCSSC[C@H](N)C(=O)O. The van der Waals surface area contributed by atoms with Crippen molar-refractivity contribution in [3.8, 4) is 0 Å². The minimum Gasteiger partial charge on any atom is -0.480 e. The van der Waals surface area contributed by atoms with E-state index < -0.39 is 12.0 Å². The maximum atomic E-state index is 10.2. The van der Waals surface area contributed by atoms with Gasteiger partial charge in [-0.2, -0.15) is 0 Å². The predicted molar refractivity (Wildman–Crippen MR) is 56.8 cm³/mol. The highest BCUT2D eigenvalue weighted by Gasteiger charge is 2.10. The summed E-state index contributed by atoms with van der Waals surface area (Å²) in [4.78, 5) is 10.2. The Balaban J connectivity index is 0. The summed E-state index contributed by atoms with van der Waals surface area (Å²) >= 11 is 0. The van der Waals surface area contributed by atoms with Crippen molar-refractivity contribution < 1.29 is 9.90 Å². The molecule has 12 heavy (non-hydrogen) atoms. The van der Waals surface area contributed by atoms with Gasteiger partial charge in [-0.25, -0.2) is 0 Å². The molecule has 0 fully saturated rings. The maximum absolute atomic E-state index is 10.2. The third-order valence-corrected chi connectivity index (χ3v) is 3.32. The van der Waals surface area contributed by atoms with Gasteiger partial charge in [0.2, 0.25) is 0 Å². The topological polar surface area (TPSA) is 89.3 Å². The van der Waals surface area contributed by atoms with Gasteiger partial charge in [0.1, 0.15) is 6.04 Å². The number of hydrogen-bond donors (Lipinski definition) is 3. The molecular formula is C5H13ClN2O2S2. The van der Waals surface area contributed by atoms with Gasteiger partial charge in [-0.15, -0.1) is 12.4 Å². The Morgan fingerprint density at radius 2 is 2.08 bits per heavy atom. The molecule has 0 saturated carbocycles. The summed E-state index contributed by atoms with van der Waals surface area (Å²) in [5.41, 5.74) is 10.5. The van der Waals surface area contributed by atoms with Crippen molar-refractivity contribution in [2.24, 2.45) is 11.5 Å². The molecule has 7 heteroatoms. The van der Waals surface area contributed by atoms with E-state index in [9.17, 15) is 4.79 Å². The molecule has 74 valence electrons. The van der Waals surface area contributed by atoms with E-state index in [-0.39, 0.29) is 12.4 Å². The average molecular weight is 233 g/mol. The van der Waals surface area contributed by atoms with Gasteiger partial charge in [-0.1, -0.05) is 21.6 Å². The molecule has 0 spiro atoms. The highest BCUT2D eigenvalue weighted by atomic mass is 35.5. The molecule has 0 aliphatic heterocycles. The van der Waals surface area contributed by atoms with Crippen LogP contribution in [0.1, 0.15) is 0 Å². The fourth-order valence-corrected chi connectivity index (χ4v) is 2.27. The van der Waals surface area contributed by atoms with Gasteiger partial charge in [0, 0.05) is 18.1 Å². The fourth-order valence-electron chi connectivity index (χ4n) is 0.300. The van der Waals surface area contributed by atoms with Crippen LogP contribution >= 0.6 is 34.0 Å². The van der Waals surface area contributed by atoms with E-state index in [4.69, 9.17) is 16.6 Å². The summed E-state index contributed by atoms with van der Waals surface area (Å²) in [7, 11) is 2.99. The average Bonchev–Trinajstić information content (AvgIpc) is 1.97. The number of carboxylic acids is 1. The van der Waals surface area contributed by atoms with Gasteiger partial charge in [-0.05, 0) is 0 Å². The highest BCUT2D eigenvalue weighted by Crippen LogP contribution is 2.20. The smallest absolute Gasteiger partial charge is 0.321 e. The van der Waals surface area contributed by atoms with Gasteiger partial charge in [-0.3, -0.25) is 4.79 Å². The van der Waals surface area contributed by atoms with Crippen LogP contribution in [0.15, 0.2) is 0 Å². The molecule has 1 atom stereocenters. The molecule has 5 N–H and O–H groups in total. The second-order valence-corrected chi connectivity index (χ2v) is 4.47. The Morgan fingerprint density at radius 1 is 1.50 bits per heavy atom. The zero-order valence-corrected chi connectivity index (χ0v) is 8.88. The number of carbonyl (C=O) groups is 1. The van der Waals surface area contributed by atoms with E-state index in [2.05, 4.69) is 0 Å². The molecule has 0 unspecified atom stereocenters. The van der Waals surface area contributed by atoms with E-state index in [1.54, 1.807) is 10.8 Å². The van der Waals surface area contributed by atoms with Gasteiger partial charge in [0.15, 0.2) is 0 Å². The van der Waals surface area contributed by atoms with Gasteiger partial charge in [0.05, 0.1) is 0 Å². The summed E-state index contributed by atoms with van der Waals surface area (Å²) in [5.74, 6) is 0.308. The number of hydrogen-bond acceptors (Lipinski definition) is 5. The molecule has 0 heterocycles. The van der Waals surface area contributed by atoms with Gasteiger partial charge < -0.3 is 16.6 Å². The van der Waals surface area contributed by atoms with E-state index in [1.165, 1.54) is 10.8 Å². The van der Waals surface area contributed by atoms with E-state index in [0.717, 1.165) is 5.75 Å². The molecule has 0 aromatic rings. The Bertz CT molecular complexity index is 128. The first-order valence-corrected chi connectivity index (χ1v) is 5.60. The third kappa shape index (κ3) is 8.48. The summed E-state index contributed by atoms with van der Waals surface area (Å²) in [6.07, 6.45) is 0. The Morgan fingerprint density at radius 3 is 2.50 bits per heavy atom. The fraction of sp³-hybridized carbons (Fsp3) is 0.800. The van der Waals surface area contributed by atoms with Crippen molar-refractivity contribution in [2.45, 2.75) is 6.04 Å². The molecule has 0 aromatic carbocycles. The monoisotopic (exact) mass is 232 g/mol. The first kappa shape index (κ1) is 14.9. The van der Waals surface area contributed by atoms with Gasteiger partial charge >= 0.3 is 5.97 Å². The van der Waals surface area contributed by atoms with Crippen molar-refractivity contribution in [1.82, 2.24) is 0 Å². The summed E-state index contributed by atoms with van der Waals surface area (Å²) in [6, 6.07) is -0.759. The molecule has 0 aliphatic rings. The number of halogens is 1. The highest BCUT2D eigenvalue weighted by molar-refractivity contribution is 8.76. The Kier molecular flexibility index (Phi) is 11.7. The molecule has 0 amide bonds. The van der Waals surface area contributed by atoms with Crippen LogP contribution in [0.5, 0.6) is 0 Å². The largest absolute Gasteiger partial charge is 0.480 e. The lowest BCUT2D eigenvalue weighted by atomic mass is 10.4. The first-order valence-electron chi connectivity index (χ1n) is 3.11. The van der Waals surface area contributed by atoms with Crippen molar-refractivity contribution >= 4 is 40.0 Å². The summed E-state index contributed by atoms with van der Waals surface area (Å²) in [5, 5.41) is 8.37. The lowest BCUT2D eigenvalue weighted by Crippen LogP contribution is -2.32. The molecule has 4 nitrogen and oxygen atoms in total. The quantitative estimate of drug-likeness (QED) is 0.447. The van der Waals surface area contributed by atoms with Crippen LogP contribution < -0.4 is 11.5 Å². The number of nitrogens with two attached hydrogens (primary N) is 2. The molecule has 0 bridgehead atoms. The van der Waals surface area contributed by atoms with Crippen LogP contribution in [0.2, 0.25) is 0 Å². The second-order valence-electron chi connectivity index (χ2n) is 1.84. The number of aliphatic carboxylic acids is 1. The lowest BCUT2D eigenvalue weighted by molar-refractivity contribution is -0.137. The zero-order chi connectivity index (χ0) is 8.69. The first-order chi connectivity index (χ1) is 5.18. The molecule has 0 saturated heterocycles. The minimum atomic E-state index is -0.953.